The Morgan fingerprint density at radius 3 is 2.29 bits per heavy atom. The summed E-state index contributed by atoms with van der Waals surface area (Å²) in [5, 5.41) is 0. The van der Waals surface area contributed by atoms with Crippen molar-refractivity contribution in [3.8, 4) is 0 Å². The number of nitrogens with zero attached hydrogens (tertiary/aromatic N) is 1. The van der Waals surface area contributed by atoms with Crippen LogP contribution >= 0.6 is 0 Å². The van der Waals surface area contributed by atoms with E-state index < -0.39 is 12.6 Å². The molecule has 5 heteroatoms. The van der Waals surface area contributed by atoms with Crippen LogP contribution in [0.25, 0.3) is 0 Å². The standard InChI is InChI=1S/C12H15F3N2/c13-12(14,15)5-6-17-7-10(8-17)9-1-3-11(16)4-2-9/h1-4,10H,5-8,16H2. The molecule has 0 unspecified atom stereocenters. The van der Waals surface area contributed by atoms with E-state index in [1.807, 2.05) is 29.2 Å². The van der Waals surface area contributed by atoms with Crippen molar-refractivity contribution in [1.82, 2.24) is 4.90 Å². The predicted octanol–water partition coefficient (Wildman–Crippen LogP) is 2.62. The Hall–Kier alpha value is -1.23. The van der Waals surface area contributed by atoms with Gasteiger partial charge in [0.1, 0.15) is 0 Å². The first-order valence-electron chi connectivity index (χ1n) is 5.58. The normalized spacial score (nSPS) is 18.1. The van der Waals surface area contributed by atoms with Crippen LogP contribution in [-0.2, 0) is 0 Å². The lowest BCUT2D eigenvalue weighted by molar-refractivity contribution is -0.140. The van der Waals surface area contributed by atoms with Crippen molar-refractivity contribution >= 4 is 5.69 Å². The summed E-state index contributed by atoms with van der Waals surface area (Å²) in [5.74, 6) is 0.351. The number of hydrogen-bond acceptors (Lipinski definition) is 2. The van der Waals surface area contributed by atoms with E-state index in [1.54, 1.807) is 0 Å². The molecule has 1 saturated heterocycles. The second-order valence-electron chi connectivity index (χ2n) is 4.49. The van der Waals surface area contributed by atoms with E-state index in [9.17, 15) is 13.2 Å². The molecule has 1 fully saturated rings. The summed E-state index contributed by atoms with van der Waals surface area (Å²) in [6.45, 7) is 1.52. The maximum Gasteiger partial charge on any atom is 0.390 e. The molecule has 0 amide bonds. The third-order valence-corrected chi connectivity index (χ3v) is 3.08. The van der Waals surface area contributed by atoms with E-state index in [2.05, 4.69) is 0 Å². The summed E-state index contributed by atoms with van der Waals surface area (Å²) >= 11 is 0. The molecule has 94 valence electrons. The molecule has 1 aromatic rings. The van der Waals surface area contributed by atoms with Crippen molar-refractivity contribution in [2.45, 2.75) is 18.5 Å². The Bertz CT molecular complexity index is 366. The molecule has 0 aliphatic carbocycles. The molecule has 1 aromatic carbocycles. The van der Waals surface area contributed by atoms with Crippen molar-refractivity contribution in [2.75, 3.05) is 25.4 Å². The zero-order valence-electron chi connectivity index (χ0n) is 9.37. The zero-order valence-corrected chi connectivity index (χ0v) is 9.37. The number of benzene rings is 1. The number of nitrogens with two attached hydrogens (primary N) is 1. The van der Waals surface area contributed by atoms with Crippen molar-refractivity contribution in [3.05, 3.63) is 29.8 Å². The summed E-state index contributed by atoms with van der Waals surface area (Å²) in [5.41, 5.74) is 7.44. The van der Waals surface area contributed by atoms with E-state index in [0.29, 0.717) is 24.7 Å². The first kappa shape index (κ1) is 12.2. The molecule has 2 nitrogen and oxygen atoms in total. The highest BCUT2D eigenvalue weighted by Crippen LogP contribution is 2.29. The van der Waals surface area contributed by atoms with Crippen LogP contribution in [0.5, 0.6) is 0 Å². The summed E-state index contributed by atoms with van der Waals surface area (Å²) in [6, 6.07) is 7.55. The van der Waals surface area contributed by atoms with E-state index in [4.69, 9.17) is 5.73 Å². The molecule has 0 spiro atoms. The fourth-order valence-electron chi connectivity index (χ4n) is 2.02. The van der Waals surface area contributed by atoms with Crippen LogP contribution in [0.15, 0.2) is 24.3 Å². The molecule has 0 radical (unpaired) electrons. The first-order valence-corrected chi connectivity index (χ1v) is 5.58. The Kier molecular flexibility index (Phi) is 3.28. The lowest BCUT2D eigenvalue weighted by Crippen LogP contribution is -2.46. The molecule has 1 aliphatic heterocycles. The monoisotopic (exact) mass is 244 g/mol. The molecule has 2 N–H and O–H groups in total. The van der Waals surface area contributed by atoms with E-state index >= 15 is 0 Å². The Balaban J connectivity index is 1.77. The van der Waals surface area contributed by atoms with Gasteiger partial charge in [-0.3, -0.25) is 0 Å². The lowest BCUT2D eigenvalue weighted by atomic mass is 9.91. The molecular weight excluding hydrogens is 229 g/mol. The van der Waals surface area contributed by atoms with Crippen molar-refractivity contribution < 1.29 is 13.2 Å². The summed E-state index contributed by atoms with van der Waals surface area (Å²) in [7, 11) is 0. The summed E-state index contributed by atoms with van der Waals surface area (Å²) in [6.07, 6.45) is -4.77. The van der Waals surface area contributed by atoms with E-state index in [1.165, 1.54) is 0 Å². The maximum atomic E-state index is 12.0. The topological polar surface area (TPSA) is 29.3 Å². The molecule has 0 saturated carbocycles. The fraction of sp³-hybridized carbons (Fsp3) is 0.500. The minimum absolute atomic E-state index is 0.106. The average molecular weight is 244 g/mol. The third-order valence-electron chi connectivity index (χ3n) is 3.08. The van der Waals surface area contributed by atoms with Gasteiger partial charge in [-0.1, -0.05) is 12.1 Å². The number of nitrogen functional groups attached to an aromatic ring is 1. The smallest absolute Gasteiger partial charge is 0.390 e. The second kappa shape index (κ2) is 4.56. The molecule has 0 aromatic heterocycles. The van der Waals surface area contributed by atoms with Crippen LogP contribution < -0.4 is 5.73 Å². The number of likely N-dealkylation sites (tertiary alicyclic amines) is 1. The number of halogens is 3. The molecular formula is C12H15F3N2. The SMILES string of the molecule is Nc1ccc(C2CN(CCC(F)(F)F)C2)cc1. The van der Waals surface area contributed by atoms with Gasteiger partial charge in [-0.25, -0.2) is 0 Å². The number of alkyl halides is 3. The number of anilines is 1. The fourth-order valence-corrected chi connectivity index (χ4v) is 2.02. The van der Waals surface area contributed by atoms with Crippen LogP contribution in [0.4, 0.5) is 18.9 Å². The van der Waals surface area contributed by atoms with Gasteiger partial charge in [-0.15, -0.1) is 0 Å². The van der Waals surface area contributed by atoms with Crippen LogP contribution in [0.3, 0.4) is 0 Å². The van der Waals surface area contributed by atoms with E-state index in [0.717, 1.165) is 5.56 Å². The van der Waals surface area contributed by atoms with Crippen LogP contribution in [0.2, 0.25) is 0 Å². The van der Waals surface area contributed by atoms with Crippen LogP contribution in [0, 0.1) is 0 Å². The highest BCUT2D eigenvalue weighted by molar-refractivity contribution is 5.40. The molecule has 17 heavy (non-hydrogen) atoms. The Morgan fingerprint density at radius 2 is 1.76 bits per heavy atom. The quantitative estimate of drug-likeness (QED) is 0.828. The van der Waals surface area contributed by atoms with Crippen molar-refractivity contribution in [2.24, 2.45) is 0 Å². The first-order chi connectivity index (χ1) is 7.94. The number of hydrogen-bond donors (Lipinski definition) is 1. The van der Waals surface area contributed by atoms with Gasteiger partial charge >= 0.3 is 6.18 Å². The molecule has 1 aliphatic rings. The highest BCUT2D eigenvalue weighted by Gasteiger charge is 2.32. The summed E-state index contributed by atoms with van der Waals surface area (Å²) in [4.78, 5) is 1.83. The van der Waals surface area contributed by atoms with Gasteiger partial charge < -0.3 is 10.6 Å². The van der Waals surface area contributed by atoms with Gasteiger partial charge in [0.25, 0.3) is 0 Å². The minimum Gasteiger partial charge on any atom is -0.399 e. The maximum absolute atomic E-state index is 12.0. The van der Waals surface area contributed by atoms with E-state index in [-0.39, 0.29) is 6.54 Å². The number of rotatable bonds is 3. The van der Waals surface area contributed by atoms with Gasteiger partial charge in [0.05, 0.1) is 6.42 Å². The average Bonchev–Trinajstić information content (AvgIpc) is 2.16. The van der Waals surface area contributed by atoms with Gasteiger partial charge in [-0.2, -0.15) is 13.2 Å². The lowest BCUT2D eigenvalue weighted by Gasteiger charge is -2.39. The largest absolute Gasteiger partial charge is 0.399 e. The minimum atomic E-state index is -4.05. The Morgan fingerprint density at radius 1 is 1.18 bits per heavy atom. The van der Waals surface area contributed by atoms with Gasteiger partial charge in [-0.05, 0) is 17.7 Å². The van der Waals surface area contributed by atoms with Gasteiger partial charge in [0.2, 0.25) is 0 Å². The summed E-state index contributed by atoms with van der Waals surface area (Å²) < 4.78 is 36.0. The van der Waals surface area contributed by atoms with Crippen molar-refractivity contribution in [3.63, 3.8) is 0 Å². The van der Waals surface area contributed by atoms with Gasteiger partial charge in [0, 0.05) is 31.2 Å². The second-order valence-corrected chi connectivity index (χ2v) is 4.49. The van der Waals surface area contributed by atoms with Crippen molar-refractivity contribution in [1.29, 1.82) is 0 Å². The molecule has 0 atom stereocenters. The van der Waals surface area contributed by atoms with Crippen LogP contribution in [-0.4, -0.2) is 30.7 Å². The highest BCUT2D eigenvalue weighted by atomic mass is 19.4. The van der Waals surface area contributed by atoms with Crippen LogP contribution in [0.1, 0.15) is 17.9 Å². The predicted molar refractivity (Wildman–Crippen MR) is 60.7 cm³/mol. The Labute approximate surface area is 98.2 Å². The van der Waals surface area contributed by atoms with Gasteiger partial charge in [0.15, 0.2) is 0 Å². The molecule has 2 rings (SSSR count). The zero-order chi connectivity index (χ0) is 12.5. The molecule has 0 bridgehead atoms. The molecule has 1 heterocycles. The third kappa shape index (κ3) is 3.36.